The zero-order valence-electron chi connectivity index (χ0n) is 9.81. The van der Waals surface area contributed by atoms with E-state index in [0.717, 1.165) is 6.42 Å². The number of phenols is 1. The van der Waals surface area contributed by atoms with E-state index in [1.807, 2.05) is 13.8 Å². The molecule has 1 rings (SSSR count). The molecule has 0 unspecified atom stereocenters. The van der Waals surface area contributed by atoms with Gasteiger partial charge in [0.15, 0.2) is 5.75 Å². The molecule has 0 aliphatic rings. The molecule has 1 amide bonds. The number of aromatic hydroxyl groups is 1. The number of carbonyl (C=O) groups excluding carboxylic acids is 1. The first-order valence-electron chi connectivity index (χ1n) is 5.50. The second-order valence-electron chi connectivity index (χ2n) is 3.70. The first-order valence-corrected chi connectivity index (χ1v) is 6.26. The largest absolute Gasteiger partial charge is 0.504 e. The van der Waals surface area contributed by atoms with Gasteiger partial charge in [-0.15, -0.1) is 0 Å². The average molecular weight is 276 g/mol. The van der Waals surface area contributed by atoms with Crippen LogP contribution < -0.4 is 5.32 Å². The Bertz CT molecular complexity index is 433. The van der Waals surface area contributed by atoms with E-state index in [1.165, 1.54) is 6.07 Å². The number of rotatable bonds is 4. The summed E-state index contributed by atoms with van der Waals surface area (Å²) in [7, 11) is 0. The molecule has 0 saturated carbocycles. The van der Waals surface area contributed by atoms with E-state index >= 15 is 0 Å². The summed E-state index contributed by atoms with van der Waals surface area (Å²) >= 11 is 12.0. The van der Waals surface area contributed by atoms with Crippen molar-refractivity contribution in [1.29, 1.82) is 0 Å². The predicted molar refractivity (Wildman–Crippen MR) is 71.0 cm³/mol. The van der Waals surface area contributed by atoms with Crippen molar-refractivity contribution in [3.8, 4) is 5.75 Å². The van der Waals surface area contributed by atoms with Gasteiger partial charge in [0.25, 0.3) is 0 Å². The van der Waals surface area contributed by atoms with Crippen LogP contribution in [0.15, 0.2) is 6.07 Å². The third-order valence-electron chi connectivity index (χ3n) is 2.39. The van der Waals surface area contributed by atoms with Gasteiger partial charge in [-0.2, -0.15) is 0 Å². The van der Waals surface area contributed by atoms with E-state index in [9.17, 15) is 9.90 Å². The molecule has 0 aliphatic heterocycles. The van der Waals surface area contributed by atoms with Crippen LogP contribution >= 0.6 is 23.2 Å². The van der Waals surface area contributed by atoms with Gasteiger partial charge in [0, 0.05) is 11.4 Å². The number of benzene rings is 1. The molecule has 0 aromatic heterocycles. The van der Waals surface area contributed by atoms with E-state index in [4.69, 9.17) is 23.2 Å². The Morgan fingerprint density at radius 2 is 2.06 bits per heavy atom. The van der Waals surface area contributed by atoms with Crippen molar-refractivity contribution in [2.24, 2.45) is 0 Å². The van der Waals surface area contributed by atoms with Crippen molar-refractivity contribution in [3.63, 3.8) is 0 Å². The summed E-state index contributed by atoms with van der Waals surface area (Å²) in [5, 5.41) is 13.1. The van der Waals surface area contributed by atoms with Crippen molar-refractivity contribution in [2.75, 3.05) is 5.32 Å². The highest BCUT2D eigenvalue weighted by molar-refractivity contribution is 6.37. The number of hydrogen-bond acceptors (Lipinski definition) is 2. The van der Waals surface area contributed by atoms with Crippen LogP contribution in [0.3, 0.4) is 0 Å². The van der Waals surface area contributed by atoms with Crippen molar-refractivity contribution in [2.45, 2.75) is 33.1 Å². The van der Waals surface area contributed by atoms with Gasteiger partial charge in [0.1, 0.15) is 0 Å². The van der Waals surface area contributed by atoms with E-state index < -0.39 is 0 Å². The van der Waals surface area contributed by atoms with Gasteiger partial charge in [-0.1, -0.05) is 37.0 Å². The second kappa shape index (κ2) is 6.12. The normalized spacial score (nSPS) is 10.4. The van der Waals surface area contributed by atoms with E-state index in [1.54, 1.807) is 0 Å². The van der Waals surface area contributed by atoms with Crippen molar-refractivity contribution >= 4 is 34.8 Å². The van der Waals surface area contributed by atoms with Crippen molar-refractivity contribution < 1.29 is 9.90 Å². The standard InChI is InChI=1S/C12H15Cl2NO2/c1-3-5-10(16)15-9-6-8(13)7(4-2)11(14)12(9)17/h6,17H,3-5H2,1-2H3,(H,15,16). The highest BCUT2D eigenvalue weighted by atomic mass is 35.5. The number of phenolic OH excluding ortho intramolecular Hbond substituents is 1. The fraction of sp³-hybridized carbons (Fsp3) is 0.417. The molecule has 0 bridgehead atoms. The Balaban J connectivity index is 3.06. The Kier molecular flexibility index (Phi) is 5.09. The fourth-order valence-corrected chi connectivity index (χ4v) is 2.23. The third-order valence-corrected chi connectivity index (χ3v) is 3.14. The van der Waals surface area contributed by atoms with E-state index in [-0.39, 0.29) is 22.4 Å². The SMILES string of the molecule is CCCC(=O)Nc1cc(Cl)c(CC)c(Cl)c1O. The first kappa shape index (κ1) is 14.1. The molecule has 0 spiro atoms. The molecule has 1 aromatic rings. The summed E-state index contributed by atoms with van der Waals surface area (Å²) in [5.74, 6) is -0.295. The summed E-state index contributed by atoms with van der Waals surface area (Å²) in [6, 6.07) is 1.52. The number of nitrogens with one attached hydrogen (secondary N) is 1. The van der Waals surface area contributed by atoms with Gasteiger partial charge < -0.3 is 10.4 Å². The Hall–Kier alpha value is -0.930. The van der Waals surface area contributed by atoms with Gasteiger partial charge in [-0.05, 0) is 24.5 Å². The maximum atomic E-state index is 11.4. The number of amides is 1. The van der Waals surface area contributed by atoms with Gasteiger partial charge >= 0.3 is 0 Å². The lowest BCUT2D eigenvalue weighted by molar-refractivity contribution is -0.116. The molecule has 5 heteroatoms. The summed E-state index contributed by atoms with van der Waals surface area (Å²) in [6.07, 6.45) is 1.75. The highest BCUT2D eigenvalue weighted by Gasteiger charge is 2.15. The molecule has 3 nitrogen and oxygen atoms in total. The minimum atomic E-state index is -0.167. The molecular formula is C12H15Cl2NO2. The lowest BCUT2D eigenvalue weighted by atomic mass is 10.1. The Labute approximate surface area is 111 Å². The monoisotopic (exact) mass is 275 g/mol. The second-order valence-corrected chi connectivity index (χ2v) is 4.48. The smallest absolute Gasteiger partial charge is 0.224 e. The number of anilines is 1. The van der Waals surface area contributed by atoms with Crippen LogP contribution in [0, 0.1) is 0 Å². The molecule has 0 radical (unpaired) electrons. The molecule has 2 N–H and O–H groups in total. The van der Waals surface area contributed by atoms with Crippen molar-refractivity contribution in [3.05, 3.63) is 21.7 Å². The van der Waals surface area contributed by atoms with Crippen LogP contribution in [0.25, 0.3) is 0 Å². The molecule has 0 atom stereocenters. The van der Waals surface area contributed by atoms with Crippen LogP contribution in [0.5, 0.6) is 5.75 Å². The first-order chi connectivity index (χ1) is 8.01. The maximum absolute atomic E-state index is 11.4. The summed E-state index contributed by atoms with van der Waals surface area (Å²) in [4.78, 5) is 11.4. The average Bonchev–Trinajstić information content (AvgIpc) is 2.26. The molecule has 0 saturated heterocycles. The minimum absolute atomic E-state index is 0.127. The van der Waals surface area contributed by atoms with Crippen LogP contribution in [0.4, 0.5) is 5.69 Å². The molecule has 0 fully saturated rings. The van der Waals surface area contributed by atoms with Crippen LogP contribution in [-0.4, -0.2) is 11.0 Å². The fourth-order valence-electron chi connectivity index (χ4n) is 1.51. The molecule has 1 aromatic carbocycles. The Morgan fingerprint density at radius 1 is 1.41 bits per heavy atom. The number of hydrogen-bond donors (Lipinski definition) is 2. The van der Waals surface area contributed by atoms with Gasteiger partial charge in [-0.25, -0.2) is 0 Å². The zero-order valence-corrected chi connectivity index (χ0v) is 11.3. The Morgan fingerprint density at radius 3 is 2.59 bits per heavy atom. The van der Waals surface area contributed by atoms with Gasteiger partial charge in [0.05, 0.1) is 10.7 Å². The lowest BCUT2D eigenvalue weighted by Gasteiger charge is -2.12. The maximum Gasteiger partial charge on any atom is 0.224 e. The summed E-state index contributed by atoms with van der Waals surface area (Å²) in [6.45, 7) is 3.79. The summed E-state index contributed by atoms with van der Waals surface area (Å²) < 4.78 is 0. The van der Waals surface area contributed by atoms with E-state index in [2.05, 4.69) is 5.32 Å². The molecule has 0 heterocycles. The number of halogens is 2. The van der Waals surface area contributed by atoms with E-state index in [0.29, 0.717) is 23.4 Å². The molecule has 0 aliphatic carbocycles. The van der Waals surface area contributed by atoms with Gasteiger partial charge in [-0.3, -0.25) is 4.79 Å². The third kappa shape index (κ3) is 3.27. The van der Waals surface area contributed by atoms with Gasteiger partial charge in [0.2, 0.25) is 5.91 Å². The minimum Gasteiger partial charge on any atom is -0.504 e. The topological polar surface area (TPSA) is 49.3 Å². The van der Waals surface area contributed by atoms with Crippen LogP contribution in [-0.2, 0) is 11.2 Å². The molecule has 17 heavy (non-hydrogen) atoms. The lowest BCUT2D eigenvalue weighted by Crippen LogP contribution is -2.11. The van der Waals surface area contributed by atoms with Crippen LogP contribution in [0.2, 0.25) is 10.0 Å². The molecular weight excluding hydrogens is 261 g/mol. The molecule has 94 valence electrons. The predicted octanol–water partition coefficient (Wildman–Crippen LogP) is 4.00. The number of carbonyl (C=O) groups is 1. The van der Waals surface area contributed by atoms with Crippen molar-refractivity contribution in [1.82, 2.24) is 0 Å². The zero-order chi connectivity index (χ0) is 13.0. The summed E-state index contributed by atoms with van der Waals surface area (Å²) in [5.41, 5.74) is 0.940. The van der Waals surface area contributed by atoms with Crippen LogP contribution in [0.1, 0.15) is 32.3 Å². The highest BCUT2D eigenvalue weighted by Crippen LogP contribution is 2.39. The quantitative estimate of drug-likeness (QED) is 0.816.